The molecule has 1 aromatic carbocycles. The number of benzene rings is 1. The van der Waals surface area contributed by atoms with Gasteiger partial charge in [0.2, 0.25) is 10.0 Å². The van der Waals surface area contributed by atoms with Crippen LogP contribution in [-0.4, -0.2) is 21.8 Å². The van der Waals surface area contributed by atoms with Crippen molar-refractivity contribution in [2.75, 3.05) is 6.44 Å². The van der Waals surface area contributed by atoms with Crippen LogP contribution < -0.4 is 4.72 Å². The summed E-state index contributed by atoms with van der Waals surface area (Å²) in [7, 11) is -4.13. The van der Waals surface area contributed by atoms with E-state index < -0.39 is 23.4 Å². The van der Waals surface area contributed by atoms with Crippen LogP contribution in [0.5, 0.6) is 0 Å². The molecule has 0 unspecified atom stereocenters. The maximum absolute atomic E-state index is 11.9. The van der Waals surface area contributed by atoms with Crippen molar-refractivity contribution in [2.24, 2.45) is 0 Å². The lowest BCUT2D eigenvalue weighted by Crippen LogP contribution is -2.37. The Balaban J connectivity index is 2.92. The fourth-order valence-electron chi connectivity index (χ4n) is 0.945. The van der Waals surface area contributed by atoms with Gasteiger partial charge in [-0.05, 0) is 34.5 Å². The van der Waals surface area contributed by atoms with Crippen molar-refractivity contribution in [3.63, 3.8) is 0 Å². The Morgan fingerprint density at radius 2 is 1.81 bits per heavy atom. The molecular formula is C7H7BBrF3NO2S-. The van der Waals surface area contributed by atoms with E-state index in [2.05, 4.69) is 15.9 Å². The zero-order valence-corrected chi connectivity index (χ0v) is 10.2. The molecule has 9 heteroatoms. The maximum atomic E-state index is 11.9. The highest BCUT2D eigenvalue weighted by atomic mass is 79.9. The summed E-state index contributed by atoms with van der Waals surface area (Å²) in [4.78, 5) is -0.213. The molecular weight excluding hydrogens is 310 g/mol. The molecule has 0 spiro atoms. The van der Waals surface area contributed by atoms with E-state index in [1.54, 1.807) is 6.07 Å². The van der Waals surface area contributed by atoms with Crippen LogP contribution in [-0.2, 0) is 10.0 Å². The van der Waals surface area contributed by atoms with Crippen molar-refractivity contribution in [3.8, 4) is 0 Å². The van der Waals surface area contributed by atoms with Gasteiger partial charge < -0.3 is 12.9 Å². The molecule has 0 fully saturated rings. The number of sulfonamides is 1. The van der Waals surface area contributed by atoms with E-state index in [-0.39, 0.29) is 9.37 Å². The first-order valence-corrected chi connectivity index (χ1v) is 6.45. The molecule has 3 nitrogen and oxygen atoms in total. The van der Waals surface area contributed by atoms with E-state index in [4.69, 9.17) is 0 Å². The van der Waals surface area contributed by atoms with Crippen LogP contribution in [0.4, 0.5) is 12.9 Å². The van der Waals surface area contributed by atoms with E-state index in [0.717, 1.165) is 0 Å². The highest BCUT2D eigenvalue weighted by molar-refractivity contribution is 9.10. The van der Waals surface area contributed by atoms with E-state index in [9.17, 15) is 21.4 Å². The number of nitrogens with one attached hydrogen (secondary N) is 1. The van der Waals surface area contributed by atoms with E-state index >= 15 is 0 Å². The smallest absolute Gasteiger partial charge is 0.448 e. The molecule has 0 aromatic heterocycles. The summed E-state index contributed by atoms with van der Waals surface area (Å²) in [5.74, 6) is 0. The second-order valence-corrected chi connectivity index (χ2v) is 5.58. The van der Waals surface area contributed by atoms with Crippen LogP contribution in [0.1, 0.15) is 0 Å². The molecule has 1 N–H and O–H groups in total. The standard InChI is InChI=1S/C7H7BBrF3NO2S/c9-6-3-1-2-4-7(6)16(14,15)13-5-8(10,11)12/h1-4,13H,5H2/q-1. The van der Waals surface area contributed by atoms with Gasteiger partial charge in [-0.25, -0.2) is 13.1 Å². The van der Waals surface area contributed by atoms with Gasteiger partial charge in [0.1, 0.15) is 0 Å². The van der Waals surface area contributed by atoms with Gasteiger partial charge in [-0.1, -0.05) is 12.1 Å². The fourth-order valence-corrected chi connectivity index (χ4v) is 3.02. The minimum absolute atomic E-state index is 0.213. The molecule has 90 valence electrons. The van der Waals surface area contributed by atoms with E-state index in [0.29, 0.717) is 0 Å². The monoisotopic (exact) mass is 316 g/mol. The normalized spacial score (nSPS) is 12.8. The second-order valence-electron chi connectivity index (χ2n) is 2.99. The third-order valence-electron chi connectivity index (χ3n) is 1.63. The summed E-state index contributed by atoms with van der Waals surface area (Å²) in [6.07, 6.45) is -1.52. The first kappa shape index (κ1) is 13.5. The number of hydrogen-bond acceptors (Lipinski definition) is 2. The summed E-state index contributed by atoms with van der Waals surface area (Å²) in [5.41, 5.74) is 0. The van der Waals surface area contributed by atoms with Gasteiger partial charge in [0.05, 0.1) is 4.90 Å². The predicted molar refractivity (Wildman–Crippen MR) is 58.4 cm³/mol. The van der Waals surface area contributed by atoms with Crippen molar-refractivity contribution in [3.05, 3.63) is 28.7 Å². The molecule has 0 bridgehead atoms. The molecule has 0 atom stereocenters. The third kappa shape index (κ3) is 3.80. The van der Waals surface area contributed by atoms with Crippen molar-refractivity contribution in [1.82, 2.24) is 4.72 Å². The van der Waals surface area contributed by atoms with E-state index in [1.807, 2.05) is 0 Å². The van der Waals surface area contributed by atoms with Gasteiger partial charge in [0.15, 0.2) is 0 Å². The van der Waals surface area contributed by atoms with Gasteiger partial charge in [0, 0.05) is 4.47 Å². The Morgan fingerprint density at radius 1 is 1.25 bits per heavy atom. The Hall–Kier alpha value is -0.535. The second kappa shape index (κ2) is 4.76. The lowest BCUT2D eigenvalue weighted by molar-refractivity contribution is 0.465. The van der Waals surface area contributed by atoms with Crippen LogP contribution in [0.3, 0.4) is 0 Å². The average molecular weight is 317 g/mol. The summed E-state index contributed by atoms with van der Waals surface area (Å²) < 4.78 is 60.4. The van der Waals surface area contributed by atoms with Crippen LogP contribution >= 0.6 is 15.9 Å². The average Bonchev–Trinajstić information content (AvgIpc) is 2.14. The number of hydrogen-bond donors (Lipinski definition) is 1. The quantitative estimate of drug-likeness (QED) is 0.865. The SMILES string of the molecule is O=S(=O)(NC[B-](F)(F)F)c1ccccc1Br. The summed E-state index contributed by atoms with van der Waals surface area (Å²) in [6, 6.07) is 5.65. The van der Waals surface area contributed by atoms with Gasteiger partial charge in [-0.15, -0.1) is 0 Å². The molecule has 0 heterocycles. The number of halogens is 4. The molecule has 1 rings (SSSR count). The third-order valence-corrected chi connectivity index (χ3v) is 4.07. The highest BCUT2D eigenvalue weighted by Gasteiger charge is 2.26. The van der Waals surface area contributed by atoms with E-state index in [1.165, 1.54) is 22.9 Å². The summed E-state index contributed by atoms with van der Waals surface area (Å²) in [5, 5.41) is 0. The first-order chi connectivity index (χ1) is 7.22. The lowest BCUT2D eigenvalue weighted by Gasteiger charge is -2.15. The van der Waals surface area contributed by atoms with Crippen LogP contribution in [0.2, 0.25) is 0 Å². The topological polar surface area (TPSA) is 46.2 Å². The Labute approximate surface area is 99.3 Å². The minimum atomic E-state index is -5.18. The largest absolute Gasteiger partial charge is 0.492 e. The van der Waals surface area contributed by atoms with Crippen molar-refractivity contribution in [1.29, 1.82) is 0 Å². The summed E-state index contributed by atoms with van der Waals surface area (Å²) >= 11 is 2.96. The molecule has 0 amide bonds. The van der Waals surface area contributed by atoms with Gasteiger partial charge in [-0.3, -0.25) is 0 Å². The molecule has 1 aromatic rings. The highest BCUT2D eigenvalue weighted by Crippen LogP contribution is 2.21. The molecule has 0 saturated heterocycles. The minimum Gasteiger partial charge on any atom is -0.448 e. The maximum Gasteiger partial charge on any atom is 0.492 e. The Bertz CT molecular complexity index is 477. The molecule has 0 saturated carbocycles. The van der Waals surface area contributed by atoms with Gasteiger partial charge in [0.25, 0.3) is 0 Å². The zero-order valence-electron chi connectivity index (χ0n) is 7.83. The molecule has 0 aliphatic carbocycles. The molecule has 16 heavy (non-hydrogen) atoms. The lowest BCUT2D eigenvalue weighted by atomic mass is 9.93. The van der Waals surface area contributed by atoms with Crippen LogP contribution in [0.15, 0.2) is 33.6 Å². The fraction of sp³-hybridized carbons (Fsp3) is 0.143. The van der Waals surface area contributed by atoms with Crippen molar-refractivity contribution in [2.45, 2.75) is 4.90 Å². The van der Waals surface area contributed by atoms with Gasteiger partial charge >= 0.3 is 6.98 Å². The first-order valence-electron chi connectivity index (χ1n) is 4.17. The number of rotatable bonds is 4. The van der Waals surface area contributed by atoms with Crippen LogP contribution in [0.25, 0.3) is 0 Å². The zero-order chi connectivity index (χ0) is 12.4. The molecule has 0 aliphatic heterocycles. The Kier molecular flexibility index (Phi) is 4.03. The van der Waals surface area contributed by atoms with Crippen molar-refractivity contribution < 1.29 is 21.4 Å². The van der Waals surface area contributed by atoms with Crippen LogP contribution in [0, 0.1) is 0 Å². The van der Waals surface area contributed by atoms with Gasteiger partial charge in [-0.2, -0.15) is 0 Å². The van der Waals surface area contributed by atoms with Crippen molar-refractivity contribution >= 4 is 32.9 Å². The molecule has 0 aliphatic rings. The predicted octanol–water partition coefficient (Wildman–Crippen LogP) is 2.11. The molecule has 0 radical (unpaired) electrons. The Morgan fingerprint density at radius 3 is 2.31 bits per heavy atom. The summed E-state index contributed by atoms with van der Waals surface area (Å²) in [6.45, 7) is -5.18.